The highest BCUT2D eigenvalue weighted by Gasteiger charge is 2.58. The maximum Gasteiger partial charge on any atom is 0.0775 e. The van der Waals surface area contributed by atoms with E-state index < -0.39 is 0 Å². The Bertz CT molecular complexity index is 642. The number of nitrogens with zero attached hydrogens (tertiary/aromatic N) is 2. The molecular formula is C21H30N2S2. The molecule has 0 spiro atoms. The molecule has 0 heterocycles. The Morgan fingerprint density at radius 3 is 2.60 bits per heavy atom. The molecule has 0 aliphatic heterocycles. The van der Waals surface area contributed by atoms with Gasteiger partial charge in [0.05, 0.1) is 21.4 Å². The number of thiocarbonyl (C=S) groups is 2. The number of rotatable bonds is 4. The van der Waals surface area contributed by atoms with E-state index in [9.17, 15) is 0 Å². The van der Waals surface area contributed by atoms with Crippen molar-refractivity contribution in [2.24, 2.45) is 39.6 Å². The third kappa shape index (κ3) is 3.35. The molecule has 25 heavy (non-hydrogen) atoms. The minimum atomic E-state index is -0.146. The van der Waals surface area contributed by atoms with Gasteiger partial charge >= 0.3 is 0 Å². The Morgan fingerprint density at radius 1 is 1.20 bits per heavy atom. The van der Waals surface area contributed by atoms with Crippen molar-refractivity contribution in [3.63, 3.8) is 0 Å². The van der Waals surface area contributed by atoms with Crippen LogP contribution in [0.1, 0.15) is 65.7 Å². The van der Waals surface area contributed by atoms with Gasteiger partial charge in [-0.3, -0.25) is 0 Å². The van der Waals surface area contributed by atoms with E-state index >= 15 is 0 Å². The van der Waals surface area contributed by atoms with Gasteiger partial charge in [0, 0.05) is 0 Å². The third-order valence-electron chi connectivity index (χ3n) is 7.39. The fraction of sp³-hybridized carbons (Fsp3) is 0.810. The van der Waals surface area contributed by atoms with Crippen LogP contribution < -0.4 is 0 Å². The van der Waals surface area contributed by atoms with Crippen LogP contribution in [-0.4, -0.2) is 21.4 Å². The maximum atomic E-state index is 5.09. The largest absolute Gasteiger partial charge is 0.226 e. The molecule has 3 fully saturated rings. The van der Waals surface area contributed by atoms with E-state index in [1.807, 2.05) is 0 Å². The summed E-state index contributed by atoms with van der Waals surface area (Å²) in [7, 11) is 0. The predicted molar refractivity (Wildman–Crippen MR) is 111 cm³/mol. The standard InChI is InChI=1S/C21H30N2S2/c1-14-9-10-21(23-13-25)15(2)5-6-16-7-8-17(18(14)19(16)21)11-20(3,4)22-12-24/h15-19H,1,5-11H2,2-4H3/t15-,16+,17-,18-,19-,21-/m0/s1. The molecule has 136 valence electrons. The molecule has 0 aromatic rings. The van der Waals surface area contributed by atoms with Crippen molar-refractivity contribution in [2.75, 3.05) is 0 Å². The molecule has 0 saturated heterocycles. The first-order chi connectivity index (χ1) is 11.8. The van der Waals surface area contributed by atoms with E-state index in [0.717, 1.165) is 25.2 Å². The second-order valence-electron chi connectivity index (χ2n) is 9.20. The molecule has 6 atom stereocenters. The zero-order chi connectivity index (χ0) is 18.2. The number of hydrogen-bond acceptors (Lipinski definition) is 4. The van der Waals surface area contributed by atoms with Crippen LogP contribution in [0.5, 0.6) is 0 Å². The molecule has 0 aromatic heterocycles. The fourth-order valence-electron chi connectivity index (χ4n) is 6.35. The highest BCUT2D eigenvalue weighted by atomic mass is 32.1. The molecule has 0 radical (unpaired) electrons. The topological polar surface area (TPSA) is 24.7 Å². The van der Waals surface area contributed by atoms with Gasteiger partial charge in [0.25, 0.3) is 0 Å². The van der Waals surface area contributed by atoms with Crippen LogP contribution in [0.3, 0.4) is 0 Å². The molecule has 4 heteroatoms. The SMILES string of the molecule is C=C1CC[C@@]2(N=C=S)[C@H]3[C@@H](CC[C@@H](CC(C)(C)N=C=S)[C@H]13)CC[C@@H]2C. The van der Waals surface area contributed by atoms with Crippen molar-refractivity contribution in [1.82, 2.24) is 0 Å². The summed E-state index contributed by atoms with van der Waals surface area (Å²) in [4.78, 5) is 9.31. The molecule has 0 bridgehead atoms. The average Bonchev–Trinajstić information content (AvgIpc) is 2.55. The molecule has 0 unspecified atom stereocenters. The van der Waals surface area contributed by atoms with Crippen LogP contribution in [0.25, 0.3) is 0 Å². The Balaban J connectivity index is 1.99. The van der Waals surface area contributed by atoms with E-state index in [-0.39, 0.29) is 11.1 Å². The first-order valence-corrected chi connectivity index (χ1v) is 10.5. The Kier molecular flexibility index (Phi) is 5.47. The highest BCUT2D eigenvalue weighted by molar-refractivity contribution is 7.78. The van der Waals surface area contributed by atoms with Gasteiger partial charge in [-0.15, -0.1) is 0 Å². The van der Waals surface area contributed by atoms with Gasteiger partial charge in [-0.25, -0.2) is 9.98 Å². The first-order valence-electron chi connectivity index (χ1n) is 9.70. The van der Waals surface area contributed by atoms with Crippen molar-refractivity contribution >= 4 is 34.8 Å². The van der Waals surface area contributed by atoms with Crippen molar-refractivity contribution in [1.29, 1.82) is 0 Å². The number of isothiocyanates is 2. The molecule has 3 saturated carbocycles. The number of aliphatic imine (C=N–C) groups is 2. The summed E-state index contributed by atoms with van der Waals surface area (Å²) in [6.07, 6.45) is 8.40. The van der Waals surface area contributed by atoms with Crippen LogP contribution in [0.4, 0.5) is 0 Å². The van der Waals surface area contributed by atoms with Gasteiger partial charge in [0.2, 0.25) is 0 Å². The molecular weight excluding hydrogens is 344 g/mol. The van der Waals surface area contributed by atoms with E-state index in [4.69, 9.17) is 29.4 Å². The smallest absolute Gasteiger partial charge is 0.0775 e. The monoisotopic (exact) mass is 374 g/mol. The Labute approximate surface area is 163 Å². The summed E-state index contributed by atoms with van der Waals surface area (Å²) in [5.74, 6) is 3.09. The lowest BCUT2D eigenvalue weighted by Crippen LogP contribution is -2.58. The molecule has 3 rings (SSSR count). The summed E-state index contributed by atoms with van der Waals surface area (Å²) in [5.41, 5.74) is 1.28. The second kappa shape index (κ2) is 7.16. The minimum Gasteiger partial charge on any atom is -0.226 e. The highest BCUT2D eigenvalue weighted by Crippen LogP contribution is 2.61. The summed E-state index contributed by atoms with van der Waals surface area (Å²) in [6, 6.07) is 0. The minimum absolute atomic E-state index is 0.00720. The zero-order valence-electron chi connectivity index (χ0n) is 15.8. The van der Waals surface area contributed by atoms with Gasteiger partial charge in [-0.2, -0.15) is 0 Å². The van der Waals surface area contributed by atoms with E-state index in [1.165, 1.54) is 31.3 Å². The fourth-order valence-corrected chi connectivity index (χ4v) is 6.77. The van der Waals surface area contributed by atoms with Gasteiger partial charge < -0.3 is 0 Å². The van der Waals surface area contributed by atoms with Gasteiger partial charge in [-0.1, -0.05) is 19.1 Å². The van der Waals surface area contributed by atoms with Crippen molar-refractivity contribution in [3.8, 4) is 0 Å². The van der Waals surface area contributed by atoms with Crippen LogP contribution in [0.15, 0.2) is 22.1 Å². The third-order valence-corrected chi connectivity index (χ3v) is 7.58. The van der Waals surface area contributed by atoms with Crippen molar-refractivity contribution in [3.05, 3.63) is 12.2 Å². The molecule has 0 amide bonds. The molecule has 0 N–H and O–H groups in total. The molecule has 3 aliphatic rings. The lowest BCUT2D eigenvalue weighted by molar-refractivity contribution is -0.0437. The number of hydrogen-bond donors (Lipinski definition) is 0. The van der Waals surface area contributed by atoms with Gasteiger partial charge in [0.15, 0.2) is 0 Å². The van der Waals surface area contributed by atoms with E-state index in [2.05, 4.69) is 42.7 Å². The number of allylic oxidation sites excluding steroid dienone is 1. The van der Waals surface area contributed by atoms with Crippen LogP contribution in [0, 0.1) is 29.6 Å². The molecule has 2 nitrogen and oxygen atoms in total. The normalized spacial score (nSPS) is 40.4. The maximum absolute atomic E-state index is 5.09. The lowest BCUT2D eigenvalue weighted by atomic mass is 9.46. The molecule has 3 aliphatic carbocycles. The summed E-state index contributed by atoms with van der Waals surface area (Å²) in [5, 5.41) is 5.38. The van der Waals surface area contributed by atoms with Crippen molar-refractivity contribution in [2.45, 2.75) is 76.8 Å². The molecule has 0 aromatic carbocycles. The summed E-state index contributed by atoms with van der Waals surface area (Å²) < 4.78 is 0. The summed E-state index contributed by atoms with van der Waals surface area (Å²) in [6.45, 7) is 11.2. The average molecular weight is 375 g/mol. The summed E-state index contributed by atoms with van der Waals surface area (Å²) >= 11 is 9.96. The first kappa shape index (κ1) is 19.1. The Hall–Kier alpha value is -0.660. The van der Waals surface area contributed by atoms with Crippen LogP contribution in [0.2, 0.25) is 0 Å². The van der Waals surface area contributed by atoms with E-state index in [1.54, 1.807) is 0 Å². The van der Waals surface area contributed by atoms with Crippen LogP contribution >= 0.6 is 24.4 Å². The van der Waals surface area contributed by atoms with Gasteiger partial charge in [0.1, 0.15) is 0 Å². The van der Waals surface area contributed by atoms with Gasteiger partial charge in [-0.05, 0) is 113 Å². The predicted octanol–water partition coefficient (Wildman–Crippen LogP) is 6.14. The van der Waals surface area contributed by atoms with Crippen LogP contribution in [-0.2, 0) is 0 Å². The Morgan fingerprint density at radius 2 is 1.92 bits per heavy atom. The lowest BCUT2D eigenvalue weighted by Gasteiger charge is -2.60. The zero-order valence-corrected chi connectivity index (χ0v) is 17.4. The van der Waals surface area contributed by atoms with Crippen molar-refractivity contribution < 1.29 is 0 Å². The van der Waals surface area contributed by atoms with E-state index in [0.29, 0.717) is 23.7 Å². The second-order valence-corrected chi connectivity index (χ2v) is 9.56. The quantitative estimate of drug-likeness (QED) is 0.335.